The van der Waals surface area contributed by atoms with Gasteiger partial charge in [-0.15, -0.1) is 0 Å². The number of rotatable bonds is 13. The van der Waals surface area contributed by atoms with E-state index in [0.29, 0.717) is 19.4 Å². The highest BCUT2D eigenvalue weighted by Gasteiger charge is 2.37. The minimum Gasteiger partial charge on any atom is -0.497 e. The van der Waals surface area contributed by atoms with E-state index in [1.54, 1.807) is 7.11 Å². The van der Waals surface area contributed by atoms with Crippen LogP contribution in [0.5, 0.6) is 5.75 Å². The van der Waals surface area contributed by atoms with E-state index in [2.05, 4.69) is 22.5 Å². The van der Waals surface area contributed by atoms with Crippen LogP contribution < -0.4 is 15.4 Å². The molecule has 1 atom stereocenters. The van der Waals surface area contributed by atoms with E-state index in [1.807, 2.05) is 24.4 Å². The van der Waals surface area contributed by atoms with Crippen molar-refractivity contribution >= 4 is 28.7 Å². The van der Waals surface area contributed by atoms with Crippen LogP contribution in [0, 0.1) is 0 Å². The highest BCUT2D eigenvalue weighted by Crippen LogP contribution is 2.24. The van der Waals surface area contributed by atoms with Gasteiger partial charge < -0.3 is 20.4 Å². The number of hydrogen-bond donors (Lipinski definition) is 3. The molecule has 3 rings (SSSR count). The molecule has 1 saturated heterocycles. The Kier molecular flexibility index (Phi) is 8.53. The highest BCUT2D eigenvalue weighted by atomic mass is 16.5. The first-order chi connectivity index (χ1) is 15.5. The molecular formula is C24H34N4O4. The molecule has 0 bridgehead atoms. The highest BCUT2D eigenvalue weighted by molar-refractivity contribution is 6.04. The van der Waals surface area contributed by atoms with Crippen molar-refractivity contribution in [2.45, 2.75) is 64.3 Å². The summed E-state index contributed by atoms with van der Waals surface area (Å²) in [5.41, 5.74) is 1.99. The molecule has 3 N–H and O–H groups in total. The number of hydrogen-bond acceptors (Lipinski definition) is 4. The fourth-order valence-corrected chi connectivity index (χ4v) is 4.03. The predicted molar refractivity (Wildman–Crippen MR) is 124 cm³/mol. The van der Waals surface area contributed by atoms with Gasteiger partial charge in [0.05, 0.1) is 7.11 Å². The fourth-order valence-electron chi connectivity index (χ4n) is 4.03. The summed E-state index contributed by atoms with van der Waals surface area (Å²) in [6.45, 7) is 3.12. The number of carbonyl (C=O) groups is 3. The minimum absolute atomic E-state index is 0.0752. The van der Waals surface area contributed by atoms with Crippen LogP contribution in [0.3, 0.4) is 0 Å². The number of H-pyrrole nitrogens is 1. The summed E-state index contributed by atoms with van der Waals surface area (Å²) in [6, 6.07) is 4.73. The maximum Gasteiger partial charge on any atom is 0.324 e. The van der Waals surface area contributed by atoms with Gasteiger partial charge in [0.15, 0.2) is 0 Å². The van der Waals surface area contributed by atoms with E-state index in [0.717, 1.165) is 35.1 Å². The molecule has 0 saturated carbocycles. The Bertz CT molecular complexity index is 939. The minimum atomic E-state index is -0.638. The average Bonchev–Trinajstić information content (AvgIpc) is 3.32. The molecule has 1 aromatic carbocycles. The molecule has 0 radical (unpaired) electrons. The third kappa shape index (κ3) is 6.02. The number of benzene rings is 1. The van der Waals surface area contributed by atoms with Crippen LogP contribution in [0.2, 0.25) is 0 Å². The zero-order valence-electron chi connectivity index (χ0n) is 19.0. The number of imide groups is 1. The second-order valence-electron chi connectivity index (χ2n) is 8.27. The summed E-state index contributed by atoms with van der Waals surface area (Å²) in [4.78, 5) is 41.5. The van der Waals surface area contributed by atoms with Crippen LogP contribution in [0.25, 0.3) is 10.9 Å². The standard InChI is InChI=1S/C24H34N4O4/c1-3-4-5-6-7-13-25-22(29)11-10-21-23(30)28(24(31)27-21)14-12-17-16-26-20-9-8-18(32-2)15-19(17)20/h8-9,15-16,21,26H,3-7,10-14H2,1-2H3,(H,25,29)(H,27,31). The third-order valence-electron chi connectivity index (χ3n) is 5.95. The summed E-state index contributed by atoms with van der Waals surface area (Å²) in [6.07, 6.45) is 8.67. The molecule has 174 valence electrons. The molecule has 8 heteroatoms. The van der Waals surface area contributed by atoms with Gasteiger partial charge in [0.25, 0.3) is 5.91 Å². The smallest absolute Gasteiger partial charge is 0.324 e. The molecule has 0 aliphatic carbocycles. The number of unbranched alkanes of at least 4 members (excludes halogenated alkanes) is 4. The molecule has 2 aromatic rings. The molecular weight excluding hydrogens is 408 g/mol. The number of nitrogens with one attached hydrogen (secondary N) is 3. The largest absolute Gasteiger partial charge is 0.497 e. The Balaban J connectivity index is 1.44. The van der Waals surface area contributed by atoms with Crippen LogP contribution in [0.4, 0.5) is 4.79 Å². The van der Waals surface area contributed by atoms with E-state index in [1.165, 1.54) is 24.2 Å². The second kappa shape index (κ2) is 11.5. The Morgan fingerprint density at radius 2 is 2.00 bits per heavy atom. The summed E-state index contributed by atoms with van der Waals surface area (Å²) in [7, 11) is 1.62. The summed E-state index contributed by atoms with van der Waals surface area (Å²) < 4.78 is 5.29. The quantitative estimate of drug-likeness (QED) is 0.326. The van der Waals surface area contributed by atoms with Crippen molar-refractivity contribution in [3.63, 3.8) is 0 Å². The fraction of sp³-hybridized carbons (Fsp3) is 0.542. The van der Waals surface area contributed by atoms with Crippen LogP contribution in [0.15, 0.2) is 24.4 Å². The van der Waals surface area contributed by atoms with Gasteiger partial charge >= 0.3 is 6.03 Å². The van der Waals surface area contributed by atoms with Crippen molar-refractivity contribution < 1.29 is 19.1 Å². The molecule has 8 nitrogen and oxygen atoms in total. The lowest BCUT2D eigenvalue weighted by Crippen LogP contribution is -2.34. The zero-order valence-corrected chi connectivity index (χ0v) is 19.0. The Hall–Kier alpha value is -3.03. The number of carbonyl (C=O) groups excluding carboxylic acids is 3. The van der Waals surface area contributed by atoms with Gasteiger partial charge in [-0.3, -0.25) is 14.5 Å². The Morgan fingerprint density at radius 1 is 1.19 bits per heavy atom. The van der Waals surface area contributed by atoms with Crippen molar-refractivity contribution in [2.75, 3.05) is 20.2 Å². The first-order valence-electron chi connectivity index (χ1n) is 11.6. The van der Waals surface area contributed by atoms with Gasteiger partial charge in [-0.05, 0) is 43.0 Å². The molecule has 2 heterocycles. The van der Waals surface area contributed by atoms with Gasteiger partial charge in [0.1, 0.15) is 11.8 Å². The monoisotopic (exact) mass is 442 g/mol. The van der Waals surface area contributed by atoms with Crippen molar-refractivity contribution in [3.05, 3.63) is 30.0 Å². The molecule has 0 spiro atoms. The van der Waals surface area contributed by atoms with Crippen molar-refractivity contribution in [2.24, 2.45) is 0 Å². The van der Waals surface area contributed by atoms with Gasteiger partial charge in [0.2, 0.25) is 5.91 Å². The van der Waals surface area contributed by atoms with Crippen LogP contribution >= 0.6 is 0 Å². The number of methoxy groups -OCH3 is 1. The van der Waals surface area contributed by atoms with Crippen molar-refractivity contribution in [1.82, 2.24) is 20.5 Å². The lowest BCUT2D eigenvalue weighted by molar-refractivity contribution is -0.127. The molecule has 4 amide bonds. The van der Waals surface area contributed by atoms with Crippen LogP contribution in [0.1, 0.15) is 57.4 Å². The van der Waals surface area contributed by atoms with Gasteiger partial charge in [-0.1, -0.05) is 32.6 Å². The second-order valence-corrected chi connectivity index (χ2v) is 8.27. The number of aromatic nitrogens is 1. The third-order valence-corrected chi connectivity index (χ3v) is 5.95. The number of fused-ring (bicyclic) bond motifs is 1. The van der Waals surface area contributed by atoms with E-state index in [4.69, 9.17) is 4.74 Å². The SMILES string of the molecule is CCCCCCCNC(=O)CCC1NC(=O)N(CCc2c[nH]c3ccc(OC)cc23)C1=O. The first-order valence-corrected chi connectivity index (χ1v) is 11.6. The van der Waals surface area contributed by atoms with Gasteiger partial charge in [0, 0.05) is 36.6 Å². The van der Waals surface area contributed by atoms with Crippen molar-refractivity contribution in [1.29, 1.82) is 0 Å². The zero-order chi connectivity index (χ0) is 22.9. The predicted octanol–water partition coefficient (Wildman–Crippen LogP) is 3.51. The van der Waals surface area contributed by atoms with E-state index < -0.39 is 12.1 Å². The lowest BCUT2D eigenvalue weighted by atomic mass is 10.1. The van der Waals surface area contributed by atoms with Gasteiger partial charge in [-0.2, -0.15) is 0 Å². The number of ether oxygens (including phenoxy) is 1. The summed E-state index contributed by atoms with van der Waals surface area (Å²) in [5, 5.41) is 6.63. The first kappa shape index (κ1) is 23.6. The van der Waals surface area contributed by atoms with Crippen molar-refractivity contribution in [3.8, 4) is 5.75 Å². The van der Waals surface area contributed by atoms with Crippen LogP contribution in [-0.2, 0) is 16.0 Å². The molecule has 1 fully saturated rings. The van der Waals surface area contributed by atoms with Crippen LogP contribution in [-0.4, -0.2) is 54.0 Å². The molecule has 1 aromatic heterocycles. The van der Waals surface area contributed by atoms with E-state index in [-0.39, 0.29) is 24.8 Å². The molecule has 1 aliphatic rings. The maximum absolute atomic E-state index is 12.7. The molecule has 32 heavy (non-hydrogen) atoms. The maximum atomic E-state index is 12.7. The topological polar surface area (TPSA) is 104 Å². The number of urea groups is 1. The lowest BCUT2D eigenvalue weighted by Gasteiger charge is -2.13. The number of amides is 4. The normalized spacial score (nSPS) is 15.9. The Morgan fingerprint density at radius 3 is 2.78 bits per heavy atom. The number of nitrogens with zero attached hydrogens (tertiary/aromatic N) is 1. The van der Waals surface area contributed by atoms with Gasteiger partial charge in [-0.25, -0.2) is 4.79 Å². The Labute approximate surface area is 189 Å². The van der Waals surface area contributed by atoms with E-state index in [9.17, 15) is 14.4 Å². The number of aromatic amines is 1. The summed E-state index contributed by atoms with van der Waals surface area (Å²) in [5.74, 6) is 0.418. The summed E-state index contributed by atoms with van der Waals surface area (Å²) >= 11 is 0. The average molecular weight is 443 g/mol. The van der Waals surface area contributed by atoms with E-state index >= 15 is 0 Å². The molecule has 1 unspecified atom stereocenters. The molecule has 1 aliphatic heterocycles.